The number of pyridine rings is 1. The van der Waals surface area contributed by atoms with Gasteiger partial charge in [-0.1, -0.05) is 0 Å². The number of nitrogens with zero attached hydrogens (tertiary/aromatic N) is 2. The van der Waals surface area contributed by atoms with E-state index in [1.165, 1.54) is 12.3 Å². The molecule has 3 aromatic rings. The number of fused-ring (bicyclic) bond motifs is 1. The molecule has 0 atom stereocenters. The molecule has 2 heterocycles. The lowest BCUT2D eigenvalue weighted by molar-refractivity contribution is 0.590. The van der Waals surface area contributed by atoms with Gasteiger partial charge in [0.15, 0.2) is 5.82 Å². The fourth-order valence-electron chi connectivity index (χ4n) is 2.24. The van der Waals surface area contributed by atoms with E-state index < -0.39 is 11.6 Å². The van der Waals surface area contributed by atoms with Gasteiger partial charge in [0.25, 0.3) is 0 Å². The van der Waals surface area contributed by atoms with E-state index in [0.717, 1.165) is 6.07 Å². The van der Waals surface area contributed by atoms with E-state index in [1.807, 2.05) is 0 Å². The number of aromatic nitrogens is 4. The van der Waals surface area contributed by atoms with Gasteiger partial charge in [-0.3, -0.25) is 9.97 Å². The first-order valence-corrected chi connectivity index (χ1v) is 6.74. The highest BCUT2D eigenvalue weighted by atomic mass is 19.1. The van der Waals surface area contributed by atoms with Crippen LogP contribution in [0.3, 0.4) is 0 Å². The van der Waals surface area contributed by atoms with Crippen LogP contribution >= 0.6 is 0 Å². The molecule has 8 heteroatoms. The predicted octanol–water partition coefficient (Wildman–Crippen LogP) is 1.97. The quantitative estimate of drug-likeness (QED) is 0.629. The van der Waals surface area contributed by atoms with Gasteiger partial charge >= 0.3 is 5.69 Å². The third kappa shape index (κ3) is 2.95. The Labute approximate surface area is 123 Å². The van der Waals surface area contributed by atoms with Gasteiger partial charge in [-0.2, -0.15) is 5.10 Å². The van der Waals surface area contributed by atoms with E-state index in [2.05, 4.69) is 25.5 Å². The lowest BCUT2D eigenvalue weighted by Gasteiger charge is -2.09. The van der Waals surface area contributed by atoms with Crippen LogP contribution in [0.2, 0.25) is 0 Å². The molecule has 0 saturated carbocycles. The first-order chi connectivity index (χ1) is 10.6. The largest absolute Gasteiger partial charge is 0.384 e. The van der Waals surface area contributed by atoms with Crippen molar-refractivity contribution in [2.24, 2.45) is 0 Å². The summed E-state index contributed by atoms with van der Waals surface area (Å²) in [5.74, 6) is -0.758. The smallest absolute Gasteiger partial charge is 0.340 e. The van der Waals surface area contributed by atoms with Crippen LogP contribution in [0.4, 0.5) is 14.5 Å². The fourth-order valence-corrected chi connectivity index (χ4v) is 2.24. The molecule has 0 aliphatic rings. The van der Waals surface area contributed by atoms with Crippen LogP contribution in [0.5, 0.6) is 0 Å². The third-order valence-electron chi connectivity index (χ3n) is 3.22. The Hall–Kier alpha value is -2.77. The number of hydrogen-bond acceptors (Lipinski definition) is 4. The molecule has 22 heavy (non-hydrogen) atoms. The summed E-state index contributed by atoms with van der Waals surface area (Å²) in [7, 11) is 0. The van der Waals surface area contributed by atoms with Crippen molar-refractivity contribution in [3.63, 3.8) is 0 Å². The van der Waals surface area contributed by atoms with E-state index in [9.17, 15) is 13.6 Å². The van der Waals surface area contributed by atoms with Crippen molar-refractivity contribution in [1.29, 1.82) is 0 Å². The predicted molar refractivity (Wildman–Crippen MR) is 77.7 cm³/mol. The van der Waals surface area contributed by atoms with Gasteiger partial charge in [0.05, 0.1) is 0 Å². The Morgan fingerprint density at radius 3 is 2.91 bits per heavy atom. The third-order valence-corrected chi connectivity index (χ3v) is 3.22. The summed E-state index contributed by atoms with van der Waals surface area (Å²) in [6.45, 7) is 0.562. The molecule has 3 N–H and O–H groups in total. The Kier molecular flexibility index (Phi) is 3.82. The van der Waals surface area contributed by atoms with E-state index in [1.54, 1.807) is 6.07 Å². The molecule has 2 aromatic heterocycles. The molecule has 0 aliphatic heterocycles. The zero-order chi connectivity index (χ0) is 15.5. The maximum absolute atomic E-state index is 13.7. The van der Waals surface area contributed by atoms with Crippen molar-refractivity contribution in [2.75, 3.05) is 11.9 Å². The SMILES string of the molecule is O=c1[nH]nc(CCCNc2ccnc3c(F)cc(F)cc23)[nH]1. The molecule has 0 unspecified atom stereocenters. The zero-order valence-corrected chi connectivity index (χ0v) is 11.5. The standard InChI is InChI=1S/C14H13F2N5O/c15-8-6-9-11(3-5-18-13(9)10(16)7-8)17-4-1-2-12-19-14(22)21-20-12/h3,5-7H,1-2,4H2,(H,17,18)(H2,19,20,21,22). The second-order valence-electron chi connectivity index (χ2n) is 4.80. The molecule has 0 spiro atoms. The molecule has 0 amide bonds. The molecule has 0 aliphatic carbocycles. The van der Waals surface area contributed by atoms with Crippen molar-refractivity contribution < 1.29 is 8.78 Å². The number of nitrogens with one attached hydrogen (secondary N) is 3. The number of rotatable bonds is 5. The molecule has 0 bridgehead atoms. The Morgan fingerprint density at radius 2 is 2.14 bits per heavy atom. The van der Waals surface area contributed by atoms with Crippen molar-refractivity contribution in [1.82, 2.24) is 20.2 Å². The van der Waals surface area contributed by atoms with Gasteiger partial charge < -0.3 is 5.32 Å². The van der Waals surface area contributed by atoms with Gasteiger partial charge in [-0.05, 0) is 18.6 Å². The van der Waals surface area contributed by atoms with Gasteiger partial charge in [0.1, 0.15) is 17.2 Å². The van der Waals surface area contributed by atoms with Gasteiger partial charge in [0.2, 0.25) is 0 Å². The van der Waals surface area contributed by atoms with E-state index in [0.29, 0.717) is 36.3 Å². The highest BCUT2D eigenvalue weighted by molar-refractivity contribution is 5.91. The van der Waals surface area contributed by atoms with Crippen molar-refractivity contribution in [3.8, 4) is 0 Å². The topological polar surface area (TPSA) is 86.5 Å². The van der Waals surface area contributed by atoms with Crippen LogP contribution in [0.15, 0.2) is 29.2 Å². The van der Waals surface area contributed by atoms with Crippen LogP contribution in [-0.4, -0.2) is 26.7 Å². The summed E-state index contributed by atoms with van der Waals surface area (Å²) >= 11 is 0. The van der Waals surface area contributed by atoms with Gasteiger partial charge in [0, 0.05) is 36.3 Å². The Bertz CT molecular complexity index is 858. The van der Waals surface area contributed by atoms with Crippen molar-refractivity contribution in [2.45, 2.75) is 12.8 Å². The van der Waals surface area contributed by atoms with Gasteiger partial charge in [-0.25, -0.2) is 18.7 Å². The number of hydrogen-bond donors (Lipinski definition) is 3. The molecule has 6 nitrogen and oxygen atoms in total. The lowest BCUT2D eigenvalue weighted by atomic mass is 10.1. The number of H-pyrrole nitrogens is 2. The van der Waals surface area contributed by atoms with Crippen LogP contribution in [0, 0.1) is 11.6 Å². The molecular weight excluding hydrogens is 292 g/mol. The number of benzene rings is 1. The first-order valence-electron chi connectivity index (χ1n) is 6.74. The van der Waals surface area contributed by atoms with Gasteiger partial charge in [-0.15, -0.1) is 0 Å². The summed E-state index contributed by atoms with van der Waals surface area (Å²) in [5.41, 5.74) is 0.399. The number of aromatic amines is 2. The van der Waals surface area contributed by atoms with Crippen LogP contribution in [0.25, 0.3) is 10.9 Å². The monoisotopic (exact) mass is 305 g/mol. The van der Waals surface area contributed by atoms with E-state index in [-0.39, 0.29) is 11.2 Å². The lowest BCUT2D eigenvalue weighted by Crippen LogP contribution is -2.05. The summed E-state index contributed by atoms with van der Waals surface area (Å²) in [4.78, 5) is 17.4. The van der Waals surface area contributed by atoms with Crippen molar-refractivity contribution in [3.05, 3.63) is 52.3 Å². The van der Waals surface area contributed by atoms with E-state index >= 15 is 0 Å². The molecule has 1 aromatic carbocycles. The molecule has 3 rings (SSSR count). The zero-order valence-electron chi connectivity index (χ0n) is 11.5. The van der Waals surface area contributed by atoms with Crippen molar-refractivity contribution >= 4 is 16.6 Å². The summed E-state index contributed by atoms with van der Waals surface area (Å²) in [6, 6.07) is 3.73. The molecule has 0 fully saturated rings. The number of halogens is 2. The maximum Gasteiger partial charge on any atom is 0.340 e. The highest BCUT2D eigenvalue weighted by Gasteiger charge is 2.08. The minimum atomic E-state index is -0.687. The summed E-state index contributed by atoms with van der Waals surface area (Å²) < 4.78 is 27.0. The Balaban J connectivity index is 1.70. The van der Waals surface area contributed by atoms with Crippen LogP contribution in [-0.2, 0) is 6.42 Å². The number of anilines is 1. The second kappa shape index (κ2) is 5.92. The van der Waals surface area contributed by atoms with Crippen LogP contribution < -0.4 is 11.0 Å². The molecule has 0 saturated heterocycles. The second-order valence-corrected chi connectivity index (χ2v) is 4.80. The maximum atomic E-state index is 13.7. The normalized spacial score (nSPS) is 11.0. The molecular formula is C14H13F2N5O. The minimum absolute atomic E-state index is 0.128. The average molecular weight is 305 g/mol. The molecule has 0 radical (unpaired) electrons. The fraction of sp³-hybridized carbons (Fsp3) is 0.214. The summed E-state index contributed by atoms with van der Waals surface area (Å²) in [6.07, 6.45) is 2.75. The minimum Gasteiger partial charge on any atom is -0.384 e. The average Bonchev–Trinajstić information content (AvgIpc) is 2.89. The highest BCUT2D eigenvalue weighted by Crippen LogP contribution is 2.24. The van der Waals surface area contributed by atoms with Crippen LogP contribution in [0.1, 0.15) is 12.2 Å². The number of aryl methyl sites for hydroxylation is 1. The summed E-state index contributed by atoms with van der Waals surface area (Å²) in [5, 5.41) is 9.61. The molecule has 114 valence electrons. The van der Waals surface area contributed by atoms with E-state index in [4.69, 9.17) is 0 Å². The Morgan fingerprint density at radius 1 is 1.27 bits per heavy atom. The first kappa shape index (κ1) is 14.2.